The molecule has 0 aliphatic rings. The first-order valence-corrected chi connectivity index (χ1v) is 16.7. The third-order valence-corrected chi connectivity index (χ3v) is 7.03. The number of nitrogens with zero attached hydrogens (tertiary/aromatic N) is 2. The highest BCUT2D eigenvalue weighted by molar-refractivity contribution is 7.14. The van der Waals surface area contributed by atoms with Crippen LogP contribution in [0.2, 0.25) is 0 Å². The number of carbonyl (C=O) groups excluding carboxylic acids is 2. The number of pyridine rings is 1. The van der Waals surface area contributed by atoms with Crippen molar-refractivity contribution in [3.8, 4) is 11.4 Å². The van der Waals surface area contributed by atoms with Gasteiger partial charge in [0.2, 0.25) is 5.91 Å². The molecule has 44 heavy (non-hydrogen) atoms. The number of hydrogen-bond acceptors (Lipinski definition) is 7. The summed E-state index contributed by atoms with van der Waals surface area (Å²) in [5, 5.41) is 7.40. The molecule has 8 nitrogen and oxygen atoms in total. The van der Waals surface area contributed by atoms with Crippen molar-refractivity contribution in [3.05, 3.63) is 53.4 Å². The number of thiazole rings is 1. The first-order valence-electron chi connectivity index (χ1n) is 15.8. The van der Waals surface area contributed by atoms with Gasteiger partial charge >= 0.3 is 0 Å². The Labute approximate surface area is 271 Å². The van der Waals surface area contributed by atoms with Crippen LogP contribution in [0.4, 0.5) is 5.13 Å². The quantitative estimate of drug-likeness (QED) is 0.169. The van der Waals surface area contributed by atoms with Gasteiger partial charge in [-0.05, 0) is 64.7 Å². The van der Waals surface area contributed by atoms with E-state index in [-0.39, 0.29) is 17.7 Å². The van der Waals surface area contributed by atoms with E-state index in [1.165, 1.54) is 30.6 Å². The standard InChI is InChI=1S/C21H26N4O3S.C11H24O.C3H8/c1-7-17(21(4,5)6)28-14(3)19(27)22-11-18(26)25-20-24-16(12-29-20)15-10-8-9-13(2)23-15;1-6-9(3)8-11(5)12-10(4)7-2;1-3-2/h7-10,12H,3,11H2,1-2,4-6H3,(H,22,27)(H,24,25,26);9-11H,6-8H2,1-5H3;3H2,1-2H3/b17-7-;;. The topological polar surface area (TPSA) is 102 Å². The third-order valence-electron chi connectivity index (χ3n) is 6.27. The highest BCUT2D eigenvalue weighted by atomic mass is 32.1. The Morgan fingerprint density at radius 1 is 1.02 bits per heavy atom. The molecule has 9 heteroatoms. The molecule has 248 valence electrons. The van der Waals surface area contributed by atoms with Crippen LogP contribution in [0.15, 0.2) is 47.8 Å². The van der Waals surface area contributed by atoms with Gasteiger partial charge in [-0.25, -0.2) is 4.98 Å². The van der Waals surface area contributed by atoms with Crippen LogP contribution in [0.5, 0.6) is 0 Å². The molecule has 2 heterocycles. The number of nitrogens with one attached hydrogen (secondary N) is 2. The number of amides is 2. The normalized spacial score (nSPS) is 13.2. The van der Waals surface area contributed by atoms with Crippen LogP contribution < -0.4 is 10.6 Å². The summed E-state index contributed by atoms with van der Waals surface area (Å²) in [4.78, 5) is 33.0. The molecule has 0 fully saturated rings. The lowest BCUT2D eigenvalue weighted by atomic mass is 9.93. The second-order valence-corrected chi connectivity index (χ2v) is 12.8. The zero-order chi connectivity index (χ0) is 33.9. The molecule has 0 aliphatic heterocycles. The molecule has 2 amide bonds. The van der Waals surface area contributed by atoms with E-state index < -0.39 is 11.8 Å². The minimum atomic E-state index is -0.549. The van der Waals surface area contributed by atoms with Gasteiger partial charge in [-0.1, -0.05) is 80.9 Å². The first-order chi connectivity index (χ1) is 20.6. The fourth-order valence-electron chi connectivity index (χ4n) is 3.66. The van der Waals surface area contributed by atoms with E-state index in [1.54, 1.807) is 6.08 Å². The number of hydrogen-bond donors (Lipinski definition) is 2. The number of allylic oxidation sites excluding steroid dienone is 2. The maximum atomic E-state index is 12.1. The lowest BCUT2D eigenvalue weighted by molar-refractivity contribution is -0.123. The minimum Gasteiger partial charge on any atom is -0.456 e. The Bertz CT molecular complexity index is 1160. The van der Waals surface area contributed by atoms with Crippen molar-refractivity contribution in [2.45, 2.75) is 121 Å². The van der Waals surface area contributed by atoms with Crippen LogP contribution >= 0.6 is 11.3 Å². The van der Waals surface area contributed by atoms with E-state index in [0.29, 0.717) is 28.8 Å². The lowest BCUT2D eigenvalue weighted by Crippen LogP contribution is -2.34. The van der Waals surface area contributed by atoms with Crippen LogP contribution in [-0.4, -0.2) is 40.5 Å². The number of aromatic nitrogens is 2. The monoisotopic (exact) mass is 630 g/mol. The second kappa shape index (κ2) is 21.6. The molecular weight excluding hydrogens is 572 g/mol. The smallest absolute Gasteiger partial charge is 0.286 e. The van der Waals surface area contributed by atoms with E-state index in [0.717, 1.165) is 23.7 Å². The highest BCUT2D eigenvalue weighted by Crippen LogP contribution is 2.27. The summed E-state index contributed by atoms with van der Waals surface area (Å²) in [5.74, 6) is 0.410. The maximum Gasteiger partial charge on any atom is 0.286 e. The van der Waals surface area contributed by atoms with Gasteiger partial charge < -0.3 is 20.1 Å². The Balaban J connectivity index is 0.00000103. The van der Waals surface area contributed by atoms with Crippen LogP contribution in [-0.2, 0) is 19.1 Å². The number of aryl methyl sites for hydroxylation is 1. The van der Waals surface area contributed by atoms with Crippen molar-refractivity contribution in [3.63, 3.8) is 0 Å². The summed E-state index contributed by atoms with van der Waals surface area (Å²) in [7, 11) is 0. The van der Waals surface area contributed by atoms with Crippen molar-refractivity contribution >= 4 is 28.3 Å². The molecule has 2 aromatic rings. The molecule has 0 aromatic carbocycles. The predicted molar refractivity (Wildman–Crippen MR) is 185 cm³/mol. The summed E-state index contributed by atoms with van der Waals surface area (Å²) in [6.45, 7) is 28.3. The second-order valence-electron chi connectivity index (χ2n) is 12.0. The SMILES string of the molecule is C=C(O/C(=C\C)C(C)(C)C)C(=O)NCC(=O)Nc1nc(-c2cccc(C)n2)cs1.CCC.CCC(C)CC(C)OC(C)CC. The summed E-state index contributed by atoms with van der Waals surface area (Å²) >= 11 is 1.29. The number of ether oxygens (including phenoxy) is 2. The molecule has 0 saturated heterocycles. The third kappa shape index (κ3) is 17.3. The largest absolute Gasteiger partial charge is 0.456 e. The van der Waals surface area contributed by atoms with Crippen LogP contribution in [0, 0.1) is 18.3 Å². The Morgan fingerprint density at radius 2 is 1.66 bits per heavy atom. The summed E-state index contributed by atoms with van der Waals surface area (Å²) in [6, 6.07) is 5.66. The number of rotatable bonds is 13. The van der Waals surface area contributed by atoms with Gasteiger partial charge in [0, 0.05) is 16.5 Å². The molecule has 2 N–H and O–H groups in total. The Kier molecular flexibility index (Phi) is 20.1. The van der Waals surface area contributed by atoms with Crippen LogP contribution in [0.25, 0.3) is 11.4 Å². The van der Waals surface area contributed by atoms with Gasteiger partial charge in [0.05, 0.1) is 24.4 Å². The van der Waals surface area contributed by atoms with E-state index in [9.17, 15) is 9.59 Å². The number of anilines is 1. The van der Waals surface area contributed by atoms with Gasteiger partial charge in [-0.15, -0.1) is 11.3 Å². The zero-order valence-electron chi connectivity index (χ0n) is 29.3. The summed E-state index contributed by atoms with van der Waals surface area (Å²) < 4.78 is 11.3. The molecule has 3 atom stereocenters. The van der Waals surface area contributed by atoms with Crippen LogP contribution in [0.3, 0.4) is 0 Å². The fourth-order valence-corrected chi connectivity index (χ4v) is 4.38. The van der Waals surface area contributed by atoms with Gasteiger partial charge in [-0.2, -0.15) is 0 Å². The van der Waals surface area contributed by atoms with Gasteiger partial charge in [0.15, 0.2) is 10.9 Å². The molecular formula is C35H58N4O4S. The average molecular weight is 631 g/mol. The van der Waals surface area contributed by atoms with Crippen molar-refractivity contribution in [2.75, 3.05) is 11.9 Å². The van der Waals surface area contributed by atoms with Crippen molar-refractivity contribution in [1.82, 2.24) is 15.3 Å². The van der Waals surface area contributed by atoms with E-state index in [1.807, 2.05) is 58.2 Å². The van der Waals surface area contributed by atoms with Gasteiger partial charge in [0.25, 0.3) is 5.91 Å². The summed E-state index contributed by atoms with van der Waals surface area (Å²) in [6.07, 6.45) is 7.45. The van der Waals surface area contributed by atoms with Gasteiger partial charge in [-0.3, -0.25) is 14.6 Å². The molecule has 2 aromatic heterocycles. The molecule has 0 spiro atoms. The highest BCUT2D eigenvalue weighted by Gasteiger charge is 2.21. The molecule has 2 rings (SSSR count). The predicted octanol–water partition coefficient (Wildman–Crippen LogP) is 9.09. The first kappa shape index (κ1) is 41.0. The van der Waals surface area contributed by atoms with Crippen molar-refractivity contribution in [1.29, 1.82) is 0 Å². The maximum absolute atomic E-state index is 12.1. The molecule has 3 unspecified atom stereocenters. The van der Waals surface area contributed by atoms with Crippen molar-refractivity contribution in [2.24, 2.45) is 11.3 Å². The van der Waals surface area contributed by atoms with E-state index in [2.05, 4.69) is 75.6 Å². The minimum absolute atomic E-state index is 0.0668. The lowest BCUT2D eigenvalue weighted by Gasteiger charge is -2.23. The van der Waals surface area contributed by atoms with E-state index >= 15 is 0 Å². The molecule has 0 aliphatic carbocycles. The summed E-state index contributed by atoms with van der Waals surface area (Å²) in [5.41, 5.74) is 2.05. The fraction of sp³-hybridized carbons (Fsp3) is 0.600. The zero-order valence-corrected chi connectivity index (χ0v) is 30.1. The molecule has 0 radical (unpaired) electrons. The van der Waals surface area contributed by atoms with Gasteiger partial charge in [0.1, 0.15) is 11.5 Å². The number of carbonyl (C=O) groups is 2. The molecule has 0 bridgehead atoms. The Hall–Kier alpha value is -3.04. The Morgan fingerprint density at radius 3 is 2.18 bits per heavy atom. The van der Waals surface area contributed by atoms with Crippen LogP contribution in [0.1, 0.15) is 108 Å². The average Bonchev–Trinajstić information content (AvgIpc) is 3.42. The molecule has 0 saturated carbocycles. The van der Waals surface area contributed by atoms with Crippen molar-refractivity contribution < 1.29 is 19.1 Å². The van der Waals surface area contributed by atoms with E-state index in [4.69, 9.17) is 9.47 Å².